The normalized spacial score (nSPS) is 12.9. The van der Waals surface area contributed by atoms with Gasteiger partial charge in [0.1, 0.15) is 5.82 Å². The largest absolute Gasteiger partial charge is 0.399 e. The first kappa shape index (κ1) is 11.8. The number of halogens is 1. The molecule has 0 fully saturated rings. The van der Waals surface area contributed by atoms with Gasteiger partial charge in [-0.05, 0) is 31.0 Å². The van der Waals surface area contributed by atoms with E-state index in [1.54, 1.807) is 12.1 Å². The highest BCUT2D eigenvalue weighted by molar-refractivity contribution is 5.54. The highest BCUT2D eigenvalue weighted by Gasteiger charge is 2.16. The predicted octanol–water partition coefficient (Wildman–Crippen LogP) is 2.89. The zero-order chi connectivity index (χ0) is 11.6. The molecule has 0 bridgehead atoms. The van der Waals surface area contributed by atoms with Crippen LogP contribution in [0.15, 0.2) is 18.2 Å². The van der Waals surface area contributed by atoms with Crippen LogP contribution in [0.25, 0.3) is 0 Å². The lowest BCUT2D eigenvalue weighted by molar-refractivity contribution is 0.497. The number of nitrogen functional groups attached to an aromatic ring is 1. The maximum Gasteiger partial charge on any atom is 0.148 e. The van der Waals surface area contributed by atoms with Crippen molar-refractivity contribution in [3.63, 3.8) is 0 Å². The monoisotopic (exact) mass is 210 g/mol. The van der Waals surface area contributed by atoms with Gasteiger partial charge in [-0.25, -0.2) is 4.39 Å². The Balaban J connectivity index is 2.96. The molecule has 0 spiro atoms. The van der Waals surface area contributed by atoms with Gasteiger partial charge in [-0.1, -0.05) is 13.8 Å². The second-order valence-corrected chi connectivity index (χ2v) is 4.31. The van der Waals surface area contributed by atoms with Crippen LogP contribution >= 0.6 is 0 Å². The van der Waals surface area contributed by atoms with Crippen molar-refractivity contribution in [3.05, 3.63) is 24.0 Å². The number of nitrogens with two attached hydrogens (primary N) is 1. The van der Waals surface area contributed by atoms with Gasteiger partial charge in [-0.15, -0.1) is 0 Å². The molecule has 0 amide bonds. The average Bonchev–Trinajstić information content (AvgIpc) is 2.15. The SMILES string of the molecule is CC(C)C(C)N(C)c1ccc(N)cc1F. The minimum Gasteiger partial charge on any atom is -0.399 e. The molecule has 0 heterocycles. The highest BCUT2D eigenvalue weighted by Crippen LogP contribution is 2.24. The van der Waals surface area contributed by atoms with E-state index in [0.29, 0.717) is 23.3 Å². The zero-order valence-electron chi connectivity index (χ0n) is 9.79. The van der Waals surface area contributed by atoms with Crippen molar-refractivity contribution >= 4 is 11.4 Å². The van der Waals surface area contributed by atoms with Crippen LogP contribution in [-0.4, -0.2) is 13.1 Å². The second kappa shape index (κ2) is 4.51. The molecule has 1 rings (SSSR count). The Kier molecular flexibility index (Phi) is 3.56. The van der Waals surface area contributed by atoms with E-state index in [9.17, 15) is 4.39 Å². The van der Waals surface area contributed by atoms with E-state index in [0.717, 1.165) is 0 Å². The number of anilines is 2. The summed E-state index contributed by atoms with van der Waals surface area (Å²) in [6.45, 7) is 6.33. The Labute approximate surface area is 90.9 Å². The van der Waals surface area contributed by atoms with Gasteiger partial charge in [0.15, 0.2) is 0 Å². The molecule has 1 aromatic carbocycles. The number of benzene rings is 1. The third-order valence-corrected chi connectivity index (χ3v) is 2.93. The summed E-state index contributed by atoms with van der Waals surface area (Å²) in [7, 11) is 1.90. The Morgan fingerprint density at radius 2 is 1.87 bits per heavy atom. The van der Waals surface area contributed by atoms with Gasteiger partial charge >= 0.3 is 0 Å². The smallest absolute Gasteiger partial charge is 0.148 e. The summed E-state index contributed by atoms with van der Waals surface area (Å²) in [6, 6.07) is 5.10. The quantitative estimate of drug-likeness (QED) is 0.777. The maximum atomic E-state index is 13.6. The van der Waals surface area contributed by atoms with Crippen molar-refractivity contribution in [1.29, 1.82) is 0 Å². The molecule has 15 heavy (non-hydrogen) atoms. The number of hydrogen-bond acceptors (Lipinski definition) is 2. The zero-order valence-corrected chi connectivity index (χ0v) is 9.79. The molecule has 0 aromatic heterocycles. The summed E-state index contributed by atoms with van der Waals surface area (Å²) in [6.07, 6.45) is 0. The van der Waals surface area contributed by atoms with Gasteiger partial charge in [-0.3, -0.25) is 0 Å². The van der Waals surface area contributed by atoms with E-state index in [2.05, 4.69) is 20.8 Å². The fourth-order valence-corrected chi connectivity index (χ4v) is 1.48. The van der Waals surface area contributed by atoms with Crippen LogP contribution < -0.4 is 10.6 Å². The van der Waals surface area contributed by atoms with Crippen molar-refractivity contribution in [2.24, 2.45) is 5.92 Å². The molecule has 3 heteroatoms. The van der Waals surface area contributed by atoms with E-state index >= 15 is 0 Å². The summed E-state index contributed by atoms with van der Waals surface area (Å²) >= 11 is 0. The molecule has 0 radical (unpaired) electrons. The summed E-state index contributed by atoms with van der Waals surface area (Å²) in [4.78, 5) is 1.94. The first-order chi connectivity index (χ1) is 6.93. The molecule has 0 aliphatic rings. The fraction of sp³-hybridized carbons (Fsp3) is 0.500. The molecular formula is C12H19FN2. The Bertz CT molecular complexity index is 336. The molecular weight excluding hydrogens is 191 g/mol. The molecule has 2 N–H and O–H groups in total. The van der Waals surface area contributed by atoms with E-state index in [4.69, 9.17) is 5.73 Å². The lowest BCUT2D eigenvalue weighted by atomic mass is 10.0. The third-order valence-electron chi connectivity index (χ3n) is 2.93. The average molecular weight is 210 g/mol. The van der Waals surface area contributed by atoms with Gasteiger partial charge in [-0.2, -0.15) is 0 Å². The van der Waals surface area contributed by atoms with Crippen LogP contribution in [0.1, 0.15) is 20.8 Å². The van der Waals surface area contributed by atoms with Crippen LogP contribution in [0.2, 0.25) is 0 Å². The van der Waals surface area contributed by atoms with E-state index in [-0.39, 0.29) is 5.82 Å². The van der Waals surface area contributed by atoms with Gasteiger partial charge in [0.2, 0.25) is 0 Å². The second-order valence-electron chi connectivity index (χ2n) is 4.31. The minimum absolute atomic E-state index is 0.259. The maximum absolute atomic E-state index is 13.6. The summed E-state index contributed by atoms with van der Waals surface area (Å²) in [5.41, 5.74) is 6.57. The molecule has 1 unspecified atom stereocenters. The van der Waals surface area contributed by atoms with Crippen molar-refractivity contribution in [3.8, 4) is 0 Å². The van der Waals surface area contributed by atoms with Crippen molar-refractivity contribution in [2.75, 3.05) is 17.7 Å². The standard InChI is InChI=1S/C12H19FN2/c1-8(2)9(3)15(4)12-6-5-10(14)7-11(12)13/h5-9H,14H2,1-4H3. The van der Waals surface area contributed by atoms with Crippen molar-refractivity contribution < 1.29 is 4.39 Å². The molecule has 2 nitrogen and oxygen atoms in total. The Morgan fingerprint density at radius 1 is 1.27 bits per heavy atom. The van der Waals surface area contributed by atoms with Crippen LogP contribution in [0, 0.1) is 11.7 Å². The predicted molar refractivity (Wildman–Crippen MR) is 63.5 cm³/mol. The first-order valence-corrected chi connectivity index (χ1v) is 5.21. The van der Waals surface area contributed by atoms with Crippen LogP contribution in [-0.2, 0) is 0 Å². The van der Waals surface area contributed by atoms with E-state index in [1.165, 1.54) is 6.07 Å². The van der Waals surface area contributed by atoms with Crippen LogP contribution in [0.5, 0.6) is 0 Å². The van der Waals surface area contributed by atoms with Gasteiger partial charge in [0.05, 0.1) is 5.69 Å². The number of nitrogens with zero attached hydrogens (tertiary/aromatic N) is 1. The van der Waals surface area contributed by atoms with Gasteiger partial charge in [0.25, 0.3) is 0 Å². The van der Waals surface area contributed by atoms with Crippen LogP contribution in [0.4, 0.5) is 15.8 Å². The topological polar surface area (TPSA) is 29.3 Å². The fourth-order valence-electron chi connectivity index (χ4n) is 1.48. The van der Waals surface area contributed by atoms with Crippen molar-refractivity contribution in [1.82, 2.24) is 0 Å². The number of rotatable bonds is 3. The van der Waals surface area contributed by atoms with Gasteiger partial charge in [0, 0.05) is 18.8 Å². The summed E-state index contributed by atoms with van der Waals surface area (Å²) in [5, 5.41) is 0. The molecule has 0 aliphatic carbocycles. The van der Waals surface area contributed by atoms with Crippen LogP contribution in [0.3, 0.4) is 0 Å². The lowest BCUT2D eigenvalue weighted by Crippen LogP contribution is -2.33. The summed E-state index contributed by atoms with van der Waals surface area (Å²) in [5.74, 6) is 0.219. The highest BCUT2D eigenvalue weighted by atomic mass is 19.1. The first-order valence-electron chi connectivity index (χ1n) is 5.21. The molecule has 84 valence electrons. The Hall–Kier alpha value is -1.25. The molecule has 0 saturated heterocycles. The minimum atomic E-state index is -0.259. The van der Waals surface area contributed by atoms with Crippen molar-refractivity contribution in [2.45, 2.75) is 26.8 Å². The molecule has 0 aliphatic heterocycles. The van der Waals surface area contributed by atoms with E-state index in [1.807, 2.05) is 11.9 Å². The molecule has 0 saturated carbocycles. The Morgan fingerprint density at radius 3 is 2.33 bits per heavy atom. The third kappa shape index (κ3) is 2.61. The van der Waals surface area contributed by atoms with Gasteiger partial charge < -0.3 is 10.6 Å². The lowest BCUT2D eigenvalue weighted by Gasteiger charge is -2.30. The molecule has 1 atom stereocenters. The van der Waals surface area contributed by atoms with E-state index < -0.39 is 0 Å². The summed E-state index contributed by atoms with van der Waals surface area (Å²) < 4.78 is 13.6. The number of hydrogen-bond donors (Lipinski definition) is 1. The molecule has 1 aromatic rings.